The second kappa shape index (κ2) is 10.1. The predicted octanol–water partition coefficient (Wildman–Crippen LogP) is 3.39. The lowest BCUT2D eigenvalue weighted by molar-refractivity contribution is -0.116. The number of nitrogens with zero attached hydrogens (tertiary/aromatic N) is 2. The van der Waals surface area contributed by atoms with E-state index in [1.807, 2.05) is 6.07 Å². The quantitative estimate of drug-likeness (QED) is 0.392. The number of fused-ring (bicyclic) bond motifs is 2. The molecule has 0 bridgehead atoms. The fourth-order valence-corrected chi connectivity index (χ4v) is 6.22. The Kier molecular flexibility index (Phi) is 7.29. The Morgan fingerprint density at radius 2 is 2.23 bits per heavy atom. The Morgan fingerprint density at radius 3 is 3.00 bits per heavy atom. The Labute approximate surface area is 190 Å². The van der Waals surface area contributed by atoms with Crippen molar-refractivity contribution in [2.75, 3.05) is 25.0 Å². The largest absolute Gasteiger partial charge is 0.395 e. The number of carbonyl (C=O) groups is 1. The average molecular weight is 460 g/mol. The van der Waals surface area contributed by atoms with Crippen LogP contribution in [0.1, 0.15) is 37.1 Å². The van der Waals surface area contributed by atoms with Crippen LogP contribution in [-0.2, 0) is 17.8 Å². The van der Waals surface area contributed by atoms with Crippen LogP contribution in [0.5, 0.6) is 0 Å². The highest BCUT2D eigenvalue weighted by Crippen LogP contribution is 2.44. The zero-order valence-electron chi connectivity index (χ0n) is 17.9. The maximum absolute atomic E-state index is 12.7. The molecule has 166 valence electrons. The molecule has 0 fully saturated rings. The molecule has 0 radical (unpaired) electrons. The number of carbonyl (C=O) groups excluding carboxylic acids is 1. The van der Waals surface area contributed by atoms with Crippen molar-refractivity contribution in [1.82, 2.24) is 20.6 Å². The molecule has 3 aromatic rings. The summed E-state index contributed by atoms with van der Waals surface area (Å²) in [5.41, 5.74) is 3.25. The van der Waals surface area contributed by atoms with E-state index in [1.54, 1.807) is 35.1 Å². The Hall–Kier alpha value is -1.91. The Bertz CT molecular complexity index is 1010. The summed E-state index contributed by atoms with van der Waals surface area (Å²) in [5.74, 6) is 0.473. The molecular formula is C22H29N5O2S2. The van der Waals surface area contributed by atoms with Gasteiger partial charge in [-0.2, -0.15) is 0 Å². The summed E-state index contributed by atoms with van der Waals surface area (Å²) >= 11 is 3.29. The van der Waals surface area contributed by atoms with Gasteiger partial charge >= 0.3 is 0 Å². The van der Waals surface area contributed by atoms with Gasteiger partial charge in [0.15, 0.2) is 0 Å². The number of pyridine rings is 1. The summed E-state index contributed by atoms with van der Waals surface area (Å²) in [4.78, 5) is 23.0. The number of aromatic nitrogens is 2. The lowest BCUT2D eigenvalue weighted by atomic mass is 10.0. The fraction of sp³-hybridized carbons (Fsp3) is 0.500. The van der Waals surface area contributed by atoms with E-state index in [2.05, 4.69) is 34.8 Å². The number of thiazole rings is 1. The molecule has 4 N–H and O–H groups in total. The number of hydrogen-bond donors (Lipinski definition) is 4. The molecule has 31 heavy (non-hydrogen) atoms. The smallest absolute Gasteiger partial charge is 0.226 e. The topological polar surface area (TPSA) is 99.2 Å². The van der Waals surface area contributed by atoms with Crippen LogP contribution in [0.3, 0.4) is 0 Å². The number of rotatable bonds is 9. The van der Waals surface area contributed by atoms with Gasteiger partial charge in [0.1, 0.15) is 15.5 Å². The molecule has 1 aliphatic heterocycles. The van der Waals surface area contributed by atoms with Crippen LogP contribution < -0.4 is 16.0 Å². The normalized spacial score (nSPS) is 14.7. The van der Waals surface area contributed by atoms with Crippen molar-refractivity contribution in [3.05, 3.63) is 28.9 Å². The molecule has 4 rings (SSSR count). The molecule has 0 aliphatic carbocycles. The molecule has 0 spiro atoms. The Balaban J connectivity index is 1.50. The third-order valence-electron chi connectivity index (χ3n) is 5.35. The average Bonchev–Trinajstić information content (AvgIpc) is 3.32. The van der Waals surface area contributed by atoms with Crippen molar-refractivity contribution in [2.45, 2.75) is 45.7 Å². The number of amides is 1. The molecule has 7 nitrogen and oxygen atoms in total. The third kappa shape index (κ3) is 5.30. The zero-order valence-corrected chi connectivity index (χ0v) is 19.5. The van der Waals surface area contributed by atoms with Gasteiger partial charge in [-0.25, -0.2) is 4.98 Å². The van der Waals surface area contributed by atoms with Gasteiger partial charge in [0, 0.05) is 42.2 Å². The SMILES string of the molecule is CC(C)C[C@H](CO)NCCC(=O)Nc1sc2c(c1-c1nc3cnccc3s1)CCNC2. The molecule has 0 saturated heterocycles. The fourth-order valence-electron chi connectivity index (χ4n) is 3.91. The van der Waals surface area contributed by atoms with Gasteiger partial charge < -0.3 is 21.1 Å². The first kappa shape index (κ1) is 22.3. The van der Waals surface area contributed by atoms with Crippen LogP contribution in [-0.4, -0.2) is 46.7 Å². The van der Waals surface area contributed by atoms with Gasteiger partial charge in [0.25, 0.3) is 0 Å². The number of nitrogens with one attached hydrogen (secondary N) is 3. The molecule has 0 aromatic carbocycles. The number of aliphatic hydroxyl groups excluding tert-OH is 1. The highest BCUT2D eigenvalue weighted by molar-refractivity contribution is 7.22. The van der Waals surface area contributed by atoms with Gasteiger partial charge in [-0.15, -0.1) is 22.7 Å². The minimum atomic E-state index is -0.0238. The van der Waals surface area contributed by atoms with E-state index in [0.717, 1.165) is 51.7 Å². The van der Waals surface area contributed by atoms with Crippen molar-refractivity contribution >= 4 is 43.8 Å². The van der Waals surface area contributed by atoms with E-state index in [9.17, 15) is 9.90 Å². The van der Waals surface area contributed by atoms with Gasteiger partial charge in [-0.3, -0.25) is 9.78 Å². The lowest BCUT2D eigenvalue weighted by Crippen LogP contribution is -2.35. The van der Waals surface area contributed by atoms with Crippen LogP contribution >= 0.6 is 22.7 Å². The lowest BCUT2D eigenvalue weighted by Gasteiger charge is -2.18. The summed E-state index contributed by atoms with van der Waals surface area (Å²) in [6.07, 6.45) is 5.75. The van der Waals surface area contributed by atoms with Crippen LogP contribution in [0.15, 0.2) is 18.5 Å². The number of anilines is 1. The Morgan fingerprint density at radius 1 is 1.35 bits per heavy atom. The standard InChI is InChI=1S/C22H29N5O2S2/c1-13(2)9-14(12-28)25-8-5-19(29)27-22-20(15-3-6-24-11-18(15)31-22)21-26-16-10-23-7-4-17(16)30-21/h4,7,10,13-14,24-25,28H,3,5-6,8-9,11-12H2,1-2H3,(H,27,29)/t14-/m1/s1. The zero-order chi connectivity index (χ0) is 21.8. The minimum absolute atomic E-state index is 0.0238. The number of hydrogen-bond acceptors (Lipinski definition) is 8. The van der Waals surface area contributed by atoms with Crippen molar-refractivity contribution in [3.8, 4) is 10.6 Å². The summed E-state index contributed by atoms with van der Waals surface area (Å²) in [7, 11) is 0. The molecule has 3 aromatic heterocycles. The van der Waals surface area contributed by atoms with Crippen molar-refractivity contribution in [2.24, 2.45) is 5.92 Å². The van der Waals surface area contributed by atoms with E-state index in [4.69, 9.17) is 4.98 Å². The minimum Gasteiger partial charge on any atom is -0.395 e. The van der Waals surface area contributed by atoms with Crippen molar-refractivity contribution in [1.29, 1.82) is 0 Å². The molecule has 1 amide bonds. The van der Waals surface area contributed by atoms with Crippen LogP contribution in [0.25, 0.3) is 20.8 Å². The van der Waals surface area contributed by atoms with E-state index >= 15 is 0 Å². The molecule has 0 saturated carbocycles. The first-order valence-electron chi connectivity index (χ1n) is 10.8. The first-order chi connectivity index (χ1) is 15.0. The molecule has 1 atom stereocenters. The predicted molar refractivity (Wildman–Crippen MR) is 128 cm³/mol. The first-order valence-corrected chi connectivity index (χ1v) is 12.4. The summed E-state index contributed by atoms with van der Waals surface area (Å²) in [5, 5.41) is 21.2. The van der Waals surface area contributed by atoms with Crippen LogP contribution in [0, 0.1) is 5.92 Å². The number of thiophene rings is 1. The monoisotopic (exact) mass is 459 g/mol. The molecule has 1 aliphatic rings. The van der Waals surface area contributed by atoms with Crippen molar-refractivity contribution in [3.63, 3.8) is 0 Å². The summed E-state index contributed by atoms with van der Waals surface area (Å²) in [6, 6.07) is 2.01. The van der Waals surface area contributed by atoms with Crippen LogP contribution in [0.4, 0.5) is 5.00 Å². The maximum atomic E-state index is 12.7. The highest BCUT2D eigenvalue weighted by Gasteiger charge is 2.25. The second-order valence-corrected chi connectivity index (χ2v) is 10.4. The van der Waals surface area contributed by atoms with E-state index in [-0.39, 0.29) is 18.6 Å². The molecular weight excluding hydrogens is 430 g/mol. The van der Waals surface area contributed by atoms with Crippen molar-refractivity contribution < 1.29 is 9.90 Å². The van der Waals surface area contributed by atoms with Crippen LogP contribution in [0.2, 0.25) is 0 Å². The molecule has 0 unspecified atom stereocenters. The van der Waals surface area contributed by atoms with Gasteiger partial charge in [0.05, 0.1) is 17.5 Å². The summed E-state index contributed by atoms with van der Waals surface area (Å²) < 4.78 is 1.10. The van der Waals surface area contributed by atoms with Gasteiger partial charge in [0.2, 0.25) is 5.91 Å². The van der Waals surface area contributed by atoms with E-state index in [1.165, 1.54) is 10.4 Å². The van der Waals surface area contributed by atoms with E-state index in [0.29, 0.717) is 18.9 Å². The van der Waals surface area contributed by atoms with Gasteiger partial charge in [-0.05, 0) is 36.9 Å². The second-order valence-electron chi connectivity index (χ2n) is 8.26. The number of aliphatic hydroxyl groups is 1. The maximum Gasteiger partial charge on any atom is 0.226 e. The summed E-state index contributed by atoms with van der Waals surface area (Å²) in [6.45, 7) is 6.64. The molecule has 9 heteroatoms. The highest BCUT2D eigenvalue weighted by atomic mass is 32.1. The van der Waals surface area contributed by atoms with E-state index < -0.39 is 0 Å². The molecule has 4 heterocycles. The third-order valence-corrected chi connectivity index (χ3v) is 7.55. The van der Waals surface area contributed by atoms with Gasteiger partial charge in [-0.1, -0.05) is 13.8 Å².